The Morgan fingerprint density at radius 3 is 2.56 bits per heavy atom. The third-order valence-corrected chi connectivity index (χ3v) is 4.99. The van der Waals surface area contributed by atoms with Gasteiger partial charge in [0.05, 0.1) is 7.11 Å². The topological polar surface area (TPSA) is 30.5 Å². The van der Waals surface area contributed by atoms with Crippen molar-refractivity contribution in [3.05, 3.63) is 57.0 Å². The number of halogens is 2. The highest BCUT2D eigenvalue weighted by atomic mass is 79.9. The van der Waals surface area contributed by atoms with Crippen molar-refractivity contribution in [3.63, 3.8) is 0 Å². The lowest BCUT2D eigenvalue weighted by Crippen LogP contribution is -2.16. The molecule has 0 atom stereocenters. The summed E-state index contributed by atoms with van der Waals surface area (Å²) in [7, 11) is 1.65. The zero-order chi connectivity index (χ0) is 18.2. The molecule has 0 aliphatic heterocycles. The van der Waals surface area contributed by atoms with Crippen LogP contribution in [-0.2, 0) is 13.2 Å². The monoisotopic (exact) mass is 425 g/mol. The average molecular weight is 427 g/mol. The molecular formula is C20H25BrClNO2. The number of ether oxygens (including phenoxy) is 2. The average Bonchev–Trinajstić information content (AvgIpc) is 2.59. The Labute approximate surface area is 163 Å². The minimum atomic E-state index is 0.397. The van der Waals surface area contributed by atoms with Gasteiger partial charge in [0.1, 0.15) is 6.61 Å². The summed E-state index contributed by atoms with van der Waals surface area (Å²) in [6.07, 6.45) is 1.16. The van der Waals surface area contributed by atoms with Crippen LogP contribution in [0.4, 0.5) is 0 Å². The van der Waals surface area contributed by atoms with E-state index in [1.807, 2.05) is 36.4 Å². The van der Waals surface area contributed by atoms with Crippen molar-refractivity contribution in [3.8, 4) is 11.5 Å². The van der Waals surface area contributed by atoms with Crippen LogP contribution in [0.15, 0.2) is 40.9 Å². The van der Waals surface area contributed by atoms with Gasteiger partial charge in [0.2, 0.25) is 0 Å². The summed E-state index contributed by atoms with van der Waals surface area (Å²) in [5.41, 5.74) is 2.09. The molecule has 25 heavy (non-hydrogen) atoms. The van der Waals surface area contributed by atoms with Gasteiger partial charge >= 0.3 is 0 Å². The fourth-order valence-corrected chi connectivity index (χ4v) is 3.02. The molecule has 0 saturated heterocycles. The minimum Gasteiger partial charge on any atom is -0.493 e. The highest BCUT2D eigenvalue weighted by Crippen LogP contribution is 2.34. The van der Waals surface area contributed by atoms with Crippen molar-refractivity contribution < 1.29 is 9.47 Å². The second-order valence-electron chi connectivity index (χ2n) is 6.33. The van der Waals surface area contributed by atoms with E-state index >= 15 is 0 Å². The van der Waals surface area contributed by atoms with E-state index in [1.165, 1.54) is 0 Å². The molecule has 5 heteroatoms. The summed E-state index contributed by atoms with van der Waals surface area (Å²) in [6.45, 7) is 6.64. The molecule has 0 aromatic heterocycles. The van der Waals surface area contributed by atoms with E-state index in [-0.39, 0.29) is 0 Å². The molecule has 0 unspecified atom stereocenters. The van der Waals surface area contributed by atoms with Crippen LogP contribution in [0.25, 0.3) is 0 Å². The number of nitrogens with one attached hydrogen (secondary N) is 1. The van der Waals surface area contributed by atoms with Gasteiger partial charge in [0, 0.05) is 21.6 Å². The Kier molecular flexibility index (Phi) is 8.07. The molecule has 0 aliphatic carbocycles. The predicted octanol–water partition coefficient (Wildman–Crippen LogP) is 5.83. The van der Waals surface area contributed by atoms with E-state index < -0.39 is 0 Å². The molecule has 1 N–H and O–H groups in total. The van der Waals surface area contributed by atoms with E-state index in [0.717, 1.165) is 40.9 Å². The highest BCUT2D eigenvalue weighted by Gasteiger charge is 2.11. The molecule has 3 nitrogen and oxygen atoms in total. The predicted molar refractivity (Wildman–Crippen MR) is 108 cm³/mol. The molecule has 2 rings (SSSR count). The molecule has 0 heterocycles. The first-order chi connectivity index (χ1) is 12.0. The first kappa shape index (κ1) is 20.1. The molecule has 0 radical (unpaired) electrons. The zero-order valence-electron chi connectivity index (χ0n) is 14.9. The Morgan fingerprint density at radius 1 is 1.12 bits per heavy atom. The smallest absolute Gasteiger partial charge is 0.162 e. The van der Waals surface area contributed by atoms with Gasteiger partial charge in [-0.25, -0.2) is 0 Å². The van der Waals surface area contributed by atoms with Crippen LogP contribution in [0.5, 0.6) is 11.5 Å². The zero-order valence-corrected chi connectivity index (χ0v) is 17.3. The van der Waals surface area contributed by atoms with Gasteiger partial charge in [0.15, 0.2) is 11.5 Å². The molecule has 0 amide bonds. The molecule has 136 valence electrons. The van der Waals surface area contributed by atoms with Gasteiger partial charge in [0.25, 0.3) is 0 Å². The van der Waals surface area contributed by atoms with E-state index in [0.29, 0.717) is 23.3 Å². The number of methoxy groups -OCH3 is 1. The first-order valence-electron chi connectivity index (χ1n) is 8.44. The third kappa shape index (κ3) is 6.21. The Balaban J connectivity index is 2.04. The van der Waals surface area contributed by atoms with Crippen molar-refractivity contribution in [1.82, 2.24) is 5.32 Å². The summed E-state index contributed by atoms with van der Waals surface area (Å²) in [5, 5.41) is 4.17. The fourth-order valence-electron chi connectivity index (χ4n) is 2.37. The molecule has 2 aromatic rings. The van der Waals surface area contributed by atoms with Crippen LogP contribution in [0.1, 0.15) is 31.4 Å². The maximum Gasteiger partial charge on any atom is 0.162 e. The first-order valence-corrected chi connectivity index (χ1v) is 9.61. The van der Waals surface area contributed by atoms with Gasteiger partial charge in [-0.3, -0.25) is 0 Å². The van der Waals surface area contributed by atoms with E-state index in [4.69, 9.17) is 21.1 Å². The fraction of sp³-hybridized carbons (Fsp3) is 0.400. The van der Waals surface area contributed by atoms with Crippen molar-refractivity contribution in [2.45, 2.75) is 33.4 Å². The summed E-state index contributed by atoms with van der Waals surface area (Å²) < 4.78 is 12.4. The standard InChI is InChI=1S/C20H25BrClNO2/c1-14(2)8-9-23-12-16-10-19(24-3)20(11-17(16)21)25-13-15-6-4-5-7-18(15)22/h4-7,10-11,14,23H,8-9,12-13H2,1-3H3. The highest BCUT2D eigenvalue weighted by molar-refractivity contribution is 9.10. The van der Waals surface area contributed by atoms with Crippen LogP contribution in [0.2, 0.25) is 5.02 Å². The second kappa shape index (κ2) is 10.0. The van der Waals surface area contributed by atoms with Gasteiger partial charge in [-0.15, -0.1) is 0 Å². The molecule has 0 aliphatic rings. The summed E-state index contributed by atoms with van der Waals surface area (Å²) in [6, 6.07) is 11.6. The maximum absolute atomic E-state index is 6.18. The molecule has 2 aromatic carbocycles. The van der Waals surface area contributed by atoms with Gasteiger partial charge in [-0.1, -0.05) is 59.6 Å². The number of hydrogen-bond acceptors (Lipinski definition) is 3. The van der Waals surface area contributed by atoms with Crippen LogP contribution < -0.4 is 14.8 Å². The minimum absolute atomic E-state index is 0.397. The van der Waals surface area contributed by atoms with Crippen LogP contribution in [0.3, 0.4) is 0 Å². The summed E-state index contributed by atoms with van der Waals surface area (Å²) in [4.78, 5) is 0. The normalized spacial score (nSPS) is 11.0. The maximum atomic E-state index is 6.18. The molecule has 0 saturated carbocycles. The molecule has 0 spiro atoms. The van der Waals surface area contributed by atoms with E-state index in [9.17, 15) is 0 Å². The molecule has 0 fully saturated rings. The van der Waals surface area contributed by atoms with Crippen molar-refractivity contribution in [2.75, 3.05) is 13.7 Å². The molecule has 0 bridgehead atoms. The number of benzene rings is 2. The SMILES string of the molecule is COc1cc(CNCCC(C)C)c(Br)cc1OCc1ccccc1Cl. The lowest BCUT2D eigenvalue weighted by molar-refractivity contribution is 0.284. The van der Waals surface area contributed by atoms with Crippen molar-refractivity contribution >= 4 is 27.5 Å². The Morgan fingerprint density at radius 2 is 1.88 bits per heavy atom. The number of hydrogen-bond donors (Lipinski definition) is 1. The lowest BCUT2D eigenvalue weighted by Gasteiger charge is -2.15. The van der Waals surface area contributed by atoms with E-state index in [1.54, 1.807) is 7.11 Å². The van der Waals surface area contributed by atoms with Crippen LogP contribution in [0, 0.1) is 5.92 Å². The van der Waals surface area contributed by atoms with Gasteiger partial charge in [-0.05, 0) is 42.6 Å². The van der Waals surface area contributed by atoms with Crippen LogP contribution in [-0.4, -0.2) is 13.7 Å². The van der Waals surface area contributed by atoms with Crippen molar-refractivity contribution in [2.24, 2.45) is 5.92 Å². The lowest BCUT2D eigenvalue weighted by atomic mass is 10.1. The van der Waals surface area contributed by atoms with Crippen molar-refractivity contribution in [1.29, 1.82) is 0 Å². The summed E-state index contributed by atoms with van der Waals surface area (Å²) >= 11 is 9.82. The Hall–Kier alpha value is -1.23. The van der Waals surface area contributed by atoms with Crippen LogP contribution >= 0.6 is 27.5 Å². The summed E-state index contributed by atoms with van der Waals surface area (Å²) in [5.74, 6) is 2.11. The van der Waals surface area contributed by atoms with E-state index in [2.05, 4.69) is 35.1 Å². The van der Waals surface area contributed by atoms with Gasteiger partial charge < -0.3 is 14.8 Å². The largest absolute Gasteiger partial charge is 0.493 e. The number of rotatable bonds is 9. The third-order valence-electron chi connectivity index (χ3n) is 3.89. The quantitative estimate of drug-likeness (QED) is 0.512. The Bertz CT molecular complexity index is 691. The molecular weight excluding hydrogens is 402 g/mol. The second-order valence-corrected chi connectivity index (χ2v) is 7.60. The van der Waals surface area contributed by atoms with Gasteiger partial charge in [-0.2, -0.15) is 0 Å².